The molecule has 1 amide bonds. The van der Waals surface area contributed by atoms with Gasteiger partial charge in [0.25, 0.3) is 5.91 Å². The number of hydrogen-bond acceptors (Lipinski definition) is 3. The van der Waals surface area contributed by atoms with Gasteiger partial charge in [-0.1, -0.05) is 11.6 Å². The third-order valence-electron chi connectivity index (χ3n) is 2.60. The monoisotopic (exact) mass is 287 g/mol. The fourth-order valence-electron chi connectivity index (χ4n) is 1.61. The Balaban J connectivity index is 2.70. The summed E-state index contributed by atoms with van der Waals surface area (Å²) in [6, 6.07) is 5.20. The van der Waals surface area contributed by atoms with Crippen molar-refractivity contribution < 1.29 is 9.90 Å². The molecule has 3 nitrogen and oxygen atoms in total. The standard InChI is InChI=1S/C13H18ClNO2S/c1-9-7-10(3-4-12(9)14)13(17)15-11(5-6-16)8-18-2/h3-4,7,11,16H,5-6,8H2,1-2H3,(H,15,17). The fourth-order valence-corrected chi connectivity index (χ4v) is 2.38. The number of aliphatic hydroxyl groups excluding tert-OH is 1. The third kappa shape index (κ3) is 4.52. The lowest BCUT2D eigenvalue weighted by Crippen LogP contribution is -2.37. The molecule has 2 N–H and O–H groups in total. The number of nitrogens with one attached hydrogen (secondary N) is 1. The molecule has 18 heavy (non-hydrogen) atoms. The second kappa shape index (κ2) is 7.67. The third-order valence-corrected chi connectivity index (χ3v) is 3.76. The highest BCUT2D eigenvalue weighted by atomic mass is 35.5. The Hall–Kier alpha value is -0.710. The van der Waals surface area contributed by atoms with Crippen LogP contribution in [0.3, 0.4) is 0 Å². The first-order chi connectivity index (χ1) is 8.58. The molecule has 1 aromatic carbocycles. The molecule has 0 aliphatic rings. The molecule has 0 bridgehead atoms. The summed E-state index contributed by atoms with van der Waals surface area (Å²) < 4.78 is 0. The van der Waals surface area contributed by atoms with Gasteiger partial charge in [-0.2, -0.15) is 11.8 Å². The average Bonchev–Trinajstić information content (AvgIpc) is 2.33. The first-order valence-electron chi connectivity index (χ1n) is 5.75. The van der Waals surface area contributed by atoms with Gasteiger partial charge in [-0.3, -0.25) is 4.79 Å². The summed E-state index contributed by atoms with van der Waals surface area (Å²) in [4.78, 5) is 12.0. The summed E-state index contributed by atoms with van der Waals surface area (Å²) in [5, 5.41) is 12.5. The van der Waals surface area contributed by atoms with Crippen LogP contribution in [0.4, 0.5) is 0 Å². The highest BCUT2D eigenvalue weighted by Gasteiger charge is 2.13. The Morgan fingerprint density at radius 2 is 2.28 bits per heavy atom. The minimum absolute atomic E-state index is 0.00603. The van der Waals surface area contributed by atoms with Crippen LogP contribution in [0.25, 0.3) is 0 Å². The van der Waals surface area contributed by atoms with Crippen LogP contribution < -0.4 is 5.32 Å². The van der Waals surface area contributed by atoms with Gasteiger partial charge in [0.2, 0.25) is 0 Å². The number of aliphatic hydroxyl groups is 1. The summed E-state index contributed by atoms with van der Waals surface area (Å²) in [7, 11) is 0. The lowest BCUT2D eigenvalue weighted by atomic mass is 10.1. The van der Waals surface area contributed by atoms with Gasteiger partial charge in [-0.05, 0) is 43.4 Å². The van der Waals surface area contributed by atoms with Crippen LogP contribution >= 0.6 is 23.4 Å². The molecule has 1 aromatic rings. The van der Waals surface area contributed by atoms with Gasteiger partial charge in [-0.25, -0.2) is 0 Å². The average molecular weight is 288 g/mol. The van der Waals surface area contributed by atoms with E-state index in [4.69, 9.17) is 16.7 Å². The van der Waals surface area contributed by atoms with E-state index in [-0.39, 0.29) is 18.6 Å². The van der Waals surface area contributed by atoms with E-state index in [1.165, 1.54) is 0 Å². The molecule has 0 aromatic heterocycles. The summed E-state index contributed by atoms with van der Waals surface area (Å²) in [5.41, 5.74) is 1.48. The highest BCUT2D eigenvalue weighted by Crippen LogP contribution is 2.16. The molecule has 5 heteroatoms. The van der Waals surface area contributed by atoms with Crippen molar-refractivity contribution in [2.24, 2.45) is 0 Å². The highest BCUT2D eigenvalue weighted by molar-refractivity contribution is 7.98. The van der Waals surface area contributed by atoms with E-state index in [9.17, 15) is 4.79 Å². The molecule has 1 atom stereocenters. The smallest absolute Gasteiger partial charge is 0.251 e. The Morgan fingerprint density at radius 1 is 1.56 bits per heavy atom. The Bertz CT molecular complexity index is 406. The fraction of sp³-hybridized carbons (Fsp3) is 0.462. The van der Waals surface area contributed by atoms with Gasteiger partial charge in [-0.15, -0.1) is 0 Å². The summed E-state index contributed by atoms with van der Waals surface area (Å²) >= 11 is 7.57. The van der Waals surface area contributed by atoms with Crippen LogP contribution in [0.5, 0.6) is 0 Å². The number of thioether (sulfide) groups is 1. The zero-order valence-electron chi connectivity index (χ0n) is 10.6. The zero-order valence-corrected chi connectivity index (χ0v) is 12.1. The van der Waals surface area contributed by atoms with Gasteiger partial charge in [0.1, 0.15) is 0 Å². The predicted molar refractivity (Wildman–Crippen MR) is 77.5 cm³/mol. The van der Waals surface area contributed by atoms with Crippen LogP contribution in [-0.4, -0.2) is 35.7 Å². The molecule has 1 rings (SSSR count). The van der Waals surface area contributed by atoms with Gasteiger partial charge in [0, 0.05) is 29.0 Å². The van der Waals surface area contributed by atoms with E-state index in [1.54, 1.807) is 30.0 Å². The molecule has 0 radical (unpaired) electrons. The minimum atomic E-state index is -0.123. The summed E-state index contributed by atoms with van der Waals surface area (Å²) in [6.45, 7) is 1.94. The SMILES string of the molecule is CSCC(CCO)NC(=O)c1ccc(Cl)c(C)c1. The second-order valence-electron chi connectivity index (χ2n) is 4.10. The van der Waals surface area contributed by atoms with Crippen molar-refractivity contribution >= 4 is 29.3 Å². The number of hydrogen-bond donors (Lipinski definition) is 2. The predicted octanol–water partition coefficient (Wildman–Crippen LogP) is 2.49. The first kappa shape index (κ1) is 15.3. The lowest BCUT2D eigenvalue weighted by molar-refractivity contribution is 0.0935. The van der Waals surface area contributed by atoms with Crippen LogP contribution in [0, 0.1) is 6.92 Å². The molecule has 0 heterocycles. The van der Waals surface area contributed by atoms with Crippen LogP contribution in [0.1, 0.15) is 22.3 Å². The van der Waals surface area contributed by atoms with Gasteiger partial charge >= 0.3 is 0 Å². The van der Waals surface area contributed by atoms with Crippen molar-refractivity contribution in [1.82, 2.24) is 5.32 Å². The molecule has 0 saturated carbocycles. The van der Waals surface area contributed by atoms with E-state index < -0.39 is 0 Å². The molecule has 0 saturated heterocycles. The molecule has 0 aliphatic heterocycles. The normalized spacial score (nSPS) is 12.2. The van der Waals surface area contributed by atoms with Gasteiger partial charge < -0.3 is 10.4 Å². The summed E-state index contributed by atoms with van der Waals surface area (Å²) in [5.74, 6) is 0.668. The molecule has 1 unspecified atom stereocenters. The van der Waals surface area contributed by atoms with E-state index in [1.807, 2.05) is 13.2 Å². The van der Waals surface area contributed by atoms with E-state index in [0.29, 0.717) is 17.0 Å². The molecule has 0 spiro atoms. The first-order valence-corrected chi connectivity index (χ1v) is 7.52. The van der Waals surface area contributed by atoms with Crippen molar-refractivity contribution in [1.29, 1.82) is 0 Å². The van der Waals surface area contributed by atoms with Gasteiger partial charge in [0.05, 0.1) is 0 Å². The molecule has 100 valence electrons. The number of benzene rings is 1. The lowest BCUT2D eigenvalue weighted by Gasteiger charge is -2.16. The quantitative estimate of drug-likeness (QED) is 0.845. The van der Waals surface area contributed by atoms with E-state index in [2.05, 4.69) is 5.32 Å². The molecule has 0 aliphatic carbocycles. The van der Waals surface area contributed by atoms with Crippen molar-refractivity contribution in [3.8, 4) is 0 Å². The number of amides is 1. The Labute approximate surface area is 117 Å². The van der Waals surface area contributed by atoms with E-state index in [0.717, 1.165) is 11.3 Å². The second-order valence-corrected chi connectivity index (χ2v) is 5.42. The number of carbonyl (C=O) groups is 1. The van der Waals surface area contributed by atoms with Crippen molar-refractivity contribution in [2.75, 3.05) is 18.6 Å². The molecular weight excluding hydrogens is 270 g/mol. The number of carbonyl (C=O) groups excluding carboxylic acids is 1. The van der Waals surface area contributed by atoms with Crippen molar-refractivity contribution in [2.45, 2.75) is 19.4 Å². The zero-order chi connectivity index (χ0) is 13.5. The topological polar surface area (TPSA) is 49.3 Å². The minimum Gasteiger partial charge on any atom is -0.396 e. The number of rotatable bonds is 6. The Kier molecular flexibility index (Phi) is 6.54. The van der Waals surface area contributed by atoms with Crippen molar-refractivity contribution in [3.05, 3.63) is 34.3 Å². The maximum absolute atomic E-state index is 12.0. The number of aryl methyl sites for hydroxylation is 1. The maximum atomic E-state index is 12.0. The van der Waals surface area contributed by atoms with Crippen LogP contribution in [-0.2, 0) is 0 Å². The maximum Gasteiger partial charge on any atom is 0.251 e. The van der Waals surface area contributed by atoms with Crippen molar-refractivity contribution in [3.63, 3.8) is 0 Å². The molecule has 0 fully saturated rings. The number of halogens is 1. The Morgan fingerprint density at radius 3 is 2.83 bits per heavy atom. The van der Waals surface area contributed by atoms with Crippen LogP contribution in [0.2, 0.25) is 5.02 Å². The molecular formula is C13H18ClNO2S. The van der Waals surface area contributed by atoms with Crippen LogP contribution in [0.15, 0.2) is 18.2 Å². The van der Waals surface area contributed by atoms with E-state index >= 15 is 0 Å². The van der Waals surface area contributed by atoms with Gasteiger partial charge in [0.15, 0.2) is 0 Å². The summed E-state index contributed by atoms with van der Waals surface area (Å²) in [6.07, 6.45) is 2.54. The largest absolute Gasteiger partial charge is 0.396 e.